The van der Waals surface area contributed by atoms with Crippen molar-refractivity contribution in [3.05, 3.63) is 48.0 Å². The summed E-state index contributed by atoms with van der Waals surface area (Å²) in [6, 6.07) is 10.3. The summed E-state index contributed by atoms with van der Waals surface area (Å²) in [5.74, 6) is 0.149. The summed E-state index contributed by atoms with van der Waals surface area (Å²) >= 11 is 0. The smallest absolute Gasteiger partial charge is 0.229 e. The molecule has 3 nitrogen and oxygen atoms in total. The lowest BCUT2D eigenvalue weighted by atomic mass is 10.1. The van der Waals surface area contributed by atoms with E-state index < -0.39 is 0 Å². The Hall–Kier alpha value is -1.61. The molecule has 0 bridgehead atoms. The Morgan fingerprint density at radius 1 is 1.33 bits per heavy atom. The van der Waals surface area contributed by atoms with E-state index in [-0.39, 0.29) is 17.9 Å². The maximum Gasteiger partial charge on any atom is 0.229 e. The van der Waals surface area contributed by atoms with Gasteiger partial charge in [-0.05, 0) is 18.4 Å². The SMILES string of the molecule is CN(CCc1ccccc1)C(=O)C1C=CC(N)C1. The number of hydrogen-bond donors (Lipinski definition) is 1. The fraction of sp³-hybridized carbons (Fsp3) is 0.400. The Morgan fingerprint density at radius 3 is 2.67 bits per heavy atom. The Bertz CT molecular complexity index is 427. The molecule has 0 aliphatic heterocycles. The molecule has 18 heavy (non-hydrogen) atoms. The van der Waals surface area contributed by atoms with Crippen molar-refractivity contribution in [1.82, 2.24) is 4.90 Å². The van der Waals surface area contributed by atoms with E-state index in [0.29, 0.717) is 0 Å². The van der Waals surface area contributed by atoms with Crippen molar-refractivity contribution < 1.29 is 4.79 Å². The highest BCUT2D eigenvalue weighted by Gasteiger charge is 2.24. The van der Waals surface area contributed by atoms with Crippen LogP contribution in [0.15, 0.2) is 42.5 Å². The Labute approximate surface area is 108 Å². The monoisotopic (exact) mass is 244 g/mol. The summed E-state index contributed by atoms with van der Waals surface area (Å²) in [4.78, 5) is 13.9. The summed E-state index contributed by atoms with van der Waals surface area (Å²) in [5, 5.41) is 0. The molecule has 96 valence electrons. The second kappa shape index (κ2) is 5.83. The number of nitrogens with two attached hydrogens (primary N) is 1. The Kier molecular flexibility index (Phi) is 4.15. The summed E-state index contributed by atoms with van der Waals surface area (Å²) in [7, 11) is 1.86. The number of amides is 1. The predicted octanol–water partition coefficient (Wildman–Crippen LogP) is 1.59. The predicted molar refractivity (Wildman–Crippen MR) is 73.0 cm³/mol. The van der Waals surface area contributed by atoms with Crippen LogP contribution in [-0.4, -0.2) is 30.4 Å². The van der Waals surface area contributed by atoms with Gasteiger partial charge in [0.25, 0.3) is 0 Å². The van der Waals surface area contributed by atoms with Gasteiger partial charge >= 0.3 is 0 Å². The normalized spacial score (nSPS) is 22.1. The third-order valence-corrected chi connectivity index (χ3v) is 3.39. The lowest BCUT2D eigenvalue weighted by Gasteiger charge is -2.20. The van der Waals surface area contributed by atoms with Crippen LogP contribution in [0.5, 0.6) is 0 Å². The second-order valence-electron chi connectivity index (χ2n) is 4.89. The van der Waals surface area contributed by atoms with Gasteiger partial charge < -0.3 is 10.6 Å². The van der Waals surface area contributed by atoms with E-state index in [1.165, 1.54) is 5.56 Å². The molecule has 0 spiro atoms. The van der Waals surface area contributed by atoms with Gasteiger partial charge in [-0.1, -0.05) is 42.5 Å². The lowest BCUT2D eigenvalue weighted by molar-refractivity contribution is -0.132. The van der Waals surface area contributed by atoms with Crippen molar-refractivity contribution in [1.29, 1.82) is 0 Å². The van der Waals surface area contributed by atoms with Crippen molar-refractivity contribution in [2.75, 3.05) is 13.6 Å². The maximum absolute atomic E-state index is 12.1. The number of hydrogen-bond acceptors (Lipinski definition) is 2. The van der Waals surface area contributed by atoms with Crippen LogP contribution in [0.25, 0.3) is 0 Å². The number of rotatable bonds is 4. The van der Waals surface area contributed by atoms with Gasteiger partial charge in [0.15, 0.2) is 0 Å². The molecule has 1 aromatic rings. The second-order valence-corrected chi connectivity index (χ2v) is 4.89. The quantitative estimate of drug-likeness (QED) is 0.818. The first kappa shape index (κ1) is 12.8. The van der Waals surface area contributed by atoms with E-state index in [9.17, 15) is 4.79 Å². The van der Waals surface area contributed by atoms with E-state index in [2.05, 4.69) is 12.1 Å². The molecule has 2 unspecified atom stereocenters. The average Bonchev–Trinajstić information content (AvgIpc) is 2.83. The van der Waals surface area contributed by atoms with E-state index in [1.54, 1.807) is 4.90 Å². The van der Waals surface area contributed by atoms with Gasteiger partial charge in [-0.25, -0.2) is 0 Å². The molecule has 3 heteroatoms. The first-order chi connectivity index (χ1) is 8.66. The molecule has 2 rings (SSSR count). The molecule has 0 fully saturated rings. The van der Waals surface area contributed by atoms with Crippen LogP contribution in [0, 0.1) is 5.92 Å². The summed E-state index contributed by atoms with van der Waals surface area (Å²) in [6.07, 6.45) is 5.50. The molecule has 0 saturated heterocycles. The van der Waals surface area contributed by atoms with Crippen LogP contribution in [0.2, 0.25) is 0 Å². The lowest BCUT2D eigenvalue weighted by Crippen LogP contribution is -2.34. The zero-order chi connectivity index (χ0) is 13.0. The van der Waals surface area contributed by atoms with Crippen LogP contribution < -0.4 is 5.73 Å². The zero-order valence-electron chi connectivity index (χ0n) is 10.8. The van der Waals surface area contributed by atoms with Gasteiger partial charge in [-0.2, -0.15) is 0 Å². The summed E-state index contributed by atoms with van der Waals surface area (Å²) < 4.78 is 0. The number of likely N-dealkylation sites (N-methyl/N-ethyl adjacent to an activating group) is 1. The van der Waals surface area contributed by atoms with E-state index in [1.807, 2.05) is 37.4 Å². The fourth-order valence-electron chi connectivity index (χ4n) is 2.25. The van der Waals surface area contributed by atoms with Crippen LogP contribution >= 0.6 is 0 Å². The minimum absolute atomic E-state index is 0.0271. The zero-order valence-corrected chi connectivity index (χ0v) is 10.8. The van der Waals surface area contributed by atoms with Crippen molar-refractivity contribution in [2.24, 2.45) is 11.7 Å². The van der Waals surface area contributed by atoms with Crippen LogP contribution in [0.3, 0.4) is 0 Å². The van der Waals surface area contributed by atoms with Crippen LogP contribution in [-0.2, 0) is 11.2 Å². The molecule has 0 saturated carbocycles. The third-order valence-electron chi connectivity index (χ3n) is 3.39. The minimum Gasteiger partial charge on any atom is -0.345 e. The van der Waals surface area contributed by atoms with Crippen molar-refractivity contribution in [3.63, 3.8) is 0 Å². The highest BCUT2D eigenvalue weighted by molar-refractivity contribution is 5.81. The maximum atomic E-state index is 12.1. The Balaban J connectivity index is 1.83. The molecule has 2 N–H and O–H groups in total. The van der Waals surface area contributed by atoms with E-state index >= 15 is 0 Å². The average molecular weight is 244 g/mol. The Morgan fingerprint density at radius 2 is 2.06 bits per heavy atom. The van der Waals surface area contributed by atoms with Crippen molar-refractivity contribution in [2.45, 2.75) is 18.9 Å². The minimum atomic E-state index is -0.0271. The molecule has 1 amide bonds. The van der Waals surface area contributed by atoms with Gasteiger partial charge in [-0.3, -0.25) is 4.79 Å². The number of carbonyl (C=O) groups is 1. The van der Waals surface area contributed by atoms with E-state index in [0.717, 1.165) is 19.4 Å². The van der Waals surface area contributed by atoms with Crippen LogP contribution in [0.1, 0.15) is 12.0 Å². The van der Waals surface area contributed by atoms with Crippen molar-refractivity contribution >= 4 is 5.91 Å². The van der Waals surface area contributed by atoms with Crippen LogP contribution in [0.4, 0.5) is 0 Å². The molecule has 0 aromatic heterocycles. The highest BCUT2D eigenvalue weighted by atomic mass is 16.2. The van der Waals surface area contributed by atoms with Gasteiger partial charge in [0.2, 0.25) is 5.91 Å². The molecule has 1 aliphatic carbocycles. The van der Waals surface area contributed by atoms with Gasteiger partial charge in [0.05, 0.1) is 5.92 Å². The van der Waals surface area contributed by atoms with E-state index in [4.69, 9.17) is 5.73 Å². The fourth-order valence-corrected chi connectivity index (χ4v) is 2.25. The molecular formula is C15H20N2O. The first-order valence-corrected chi connectivity index (χ1v) is 6.39. The van der Waals surface area contributed by atoms with Gasteiger partial charge in [0.1, 0.15) is 0 Å². The summed E-state index contributed by atoms with van der Waals surface area (Å²) in [5.41, 5.74) is 7.03. The molecule has 2 atom stereocenters. The highest BCUT2D eigenvalue weighted by Crippen LogP contribution is 2.18. The van der Waals surface area contributed by atoms with Gasteiger partial charge in [0, 0.05) is 19.6 Å². The molecular weight excluding hydrogens is 224 g/mol. The van der Waals surface area contributed by atoms with Gasteiger partial charge in [-0.15, -0.1) is 0 Å². The molecule has 1 aliphatic rings. The number of nitrogens with zero attached hydrogens (tertiary/aromatic N) is 1. The standard InChI is InChI=1S/C15H20N2O/c1-17(10-9-12-5-3-2-4-6-12)15(18)13-7-8-14(16)11-13/h2-8,13-14H,9-11,16H2,1H3. The summed E-state index contributed by atoms with van der Waals surface area (Å²) in [6.45, 7) is 0.752. The number of carbonyl (C=O) groups excluding carboxylic acids is 1. The van der Waals surface area contributed by atoms with Crippen molar-refractivity contribution in [3.8, 4) is 0 Å². The third kappa shape index (κ3) is 3.20. The largest absolute Gasteiger partial charge is 0.345 e. The first-order valence-electron chi connectivity index (χ1n) is 6.39. The molecule has 1 aromatic carbocycles. The topological polar surface area (TPSA) is 46.3 Å². The molecule has 0 heterocycles. The number of benzene rings is 1. The molecule has 0 radical (unpaired) electrons.